The van der Waals surface area contributed by atoms with E-state index in [0.29, 0.717) is 5.56 Å². The second-order valence-electron chi connectivity index (χ2n) is 3.84. The van der Waals surface area contributed by atoms with Crippen LogP contribution in [0.1, 0.15) is 5.56 Å². The summed E-state index contributed by atoms with van der Waals surface area (Å²) < 4.78 is 13.6. The first-order chi connectivity index (χ1) is 8.66. The Labute approximate surface area is 105 Å². The fraction of sp³-hybridized carbons (Fsp3) is 0. The lowest BCUT2D eigenvalue weighted by molar-refractivity contribution is -0.113. The number of halogens is 1. The molecule has 2 rings (SSSR count). The highest BCUT2D eigenvalue weighted by atomic mass is 19.1. The molecule has 0 aromatic heterocycles. The van der Waals surface area contributed by atoms with Gasteiger partial charge in [-0.25, -0.2) is 4.39 Å². The number of benzene rings is 2. The van der Waals surface area contributed by atoms with Crippen molar-refractivity contribution in [3.05, 3.63) is 66.0 Å². The van der Waals surface area contributed by atoms with Crippen LogP contribution in [0.15, 0.2) is 54.6 Å². The van der Waals surface area contributed by atoms with Gasteiger partial charge in [-0.05, 0) is 29.3 Å². The molecule has 90 valence electrons. The van der Waals surface area contributed by atoms with Gasteiger partial charge in [-0.2, -0.15) is 0 Å². The summed E-state index contributed by atoms with van der Waals surface area (Å²) in [5.41, 5.74) is 7.13. The van der Waals surface area contributed by atoms with Crippen LogP contribution >= 0.6 is 0 Å². The van der Waals surface area contributed by atoms with Crippen LogP contribution in [0.4, 0.5) is 4.39 Å². The Morgan fingerprint density at radius 2 is 1.89 bits per heavy atom. The molecule has 0 saturated carbocycles. The summed E-state index contributed by atoms with van der Waals surface area (Å²) in [7, 11) is 0. The molecule has 0 unspecified atom stereocenters. The highest BCUT2D eigenvalue weighted by Crippen LogP contribution is 2.23. The van der Waals surface area contributed by atoms with Gasteiger partial charge in [0.25, 0.3) is 0 Å². The molecule has 0 radical (unpaired) electrons. The summed E-state index contributed by atoms with van der Waals surface area (Å²) in [6.45, 7) is 0. The average molecular weight is 241 g/mol. The monoisotopic (exact) mass is 241 g/mol. The van der Waals surface area contributed by atoms with Gasteiger partial charge >= 0.3 is 0 Å². The van der Waals surface area contributed by atoms with Crippen molar-refractivity contribution >= 4 is 12.0 Å². The molecule has 0 spiro atoms. The van der Waals surface area contributed by atoms with E-state index in [0.717, 1.165) is 11.1 Å². The van der Waals surface area contributed by atoms with Gasteiger partial charge in [0.05, 0.1) is 0 Å². The lowest BCUT2D eigenvalue weighted by atomic mass is 10.0. The van der Waals surface area contributed by atoms with Crippen LogP contribution in [-0.2, 0) is 4.79 Å². The second kappa shape index (κ2) is 5.27. The highest BCUT2D eigenvalue weighted by molar-refractivity contribution is 5.90. The highest BCUT2D eigenvalue weighted by Gasteiger charge is 2.03. The topological polar surface area (TPSA) is 43.1 Å². The van der Waals surface area contributed by atoms with Crippen molar-refractivity contribution in [2.24, 2.45) is 5.73 Å². The fourth-order valence-corrected chi connectivity index (χ4v) is 1.68. The first-order valence-electron chi connectivity index (χ1n) is 5.49. The Hall–Kier alpha value is -2.42. The van der Waals surface area contributed by atoms with Gasteiger partial charge in [0.15, 0.2) is 0 Å². The molecule has 1 amide bonds. The molecular weight excluding hydrogens is 229 g/mol. The van der Waals surface area contributed by atoms with E-state index in [4.69, 9.17) is 5.73 Å². The number of rotatable bonds is 3. The maximum absolute atomic E-state index is 13.6. The molecule has 0 fully saturated rings. The minimum absolute atomic E-state index is 0.270. The van der Waals surface area contributed by atoms with E-state index in [1.807, 2.05) is 18.2 Å². The molecule has 0 saturated heterocycles. The molecule has 2 N–H and O–H groups in total. The summed E-state index contributed by atoms with van der Waals surface area (Å²) in [4.78, 5) is 10.7. The zero-order valence-corrected chi connectivity index (χ0v) is 9.64. The molecule has 0 aliphatic carbocycles. The van der Waals surface area contributed by atoms with E-state index in [9.17, 15) is 9.18 Å². The number of nitrogens with two attached hydrogens (primary N) is 1. The summed E-state index contributed by atoms with van der Waals surface area (Å²) in [6.07, 6.45) is 2.88. The Morgan fingerprint density at radius 1 is 1.11 bits per heavy atom. The zero-order valence-electron chi connectivity index (χ0n) is 9.64. The van der Waals surface area contributed by atoms with Gasteiger partial charge < -0.3 is 5.73 Å². The molecule has 0 atom stereocenters. The fourth-order valence-electron chi connectivity index (χ4n) is 1.68. The molecule has 3 heteroatoms. The number of amides is 1. The van der Waals surface area contributed by atoms with Crippen molar-refractivity contribution in [1.29, 1.82) is 0 Å². The van der Waals surface area contributed by atoms with E-state index in [1.54, 1.807) is 30.3 Å². The third kappa shape index (κ3) is 2.83. The zero-order chi connectivity index (χ0) is 13.0. The maximum Gasteiger partial charge on any atom is 0.241 e. The molecule has 2 nitrogen and oxygen atoms in total. The van der Waals surface area contributed by atoms with Gasteiger partial charge in [0.1, 0.15) is 5.82 Å². The minimum atomic E-state index is -0.508. The third-order valence-corrected chi connectivity index (χ3v) is 2.51. The van der Waals surface area contributed by atoms with Crippen molar-refractivity contribution in [3.63, 3.8) is 0 Å². The minimum Gasteiger partial charge on any atom is -0.366 e. The lowest BCUT2D eigenvalue weighted by Gasteiger charge is -2.04. The summed E-state index contributed by atoms with van der Waals surface area (Å²) >= 11 is 0. The Morgan fingerprint density at radius 3 is 2.61 bits per heavy atom. The predicted octanol–water partition coefficient (Wildman–Crippen LogP) is 2.99. The molecule has 0 heterocycles. The summed E-state index contributed by atoms with van der Waals surface area (Å²) in [6, 6.07) is 13.8. The Kier molecular flexibility index (Phi) is 3.53. The smallest absolute Gasteiger partial charge is 0.241 e. The van der Waals surface area contributed by atoms with Crippen molar-refractivity contribution in [3.8, 4) is 11.1 Å². The largest absolute Gasteiger partial charge is 0.366 e. The van der Waals surface area contributed by atoms with Gasteiger partial charge in [0.2, 0.25) is 5.91 Å². The van der Waals surface area contributed by atoms with E-state index < -0.39 is 5.91 Å². The standard InChI is InChI=1S/C15H12FNO/c16-14-7-2-1-6-13(14)12-5-3-4-11(10-12)8-9-15(17)18/h1-10H,(H2,17,18). The molecule has 0 bridgehead atoms. The SMILES string of the molecule is NC(=O)C=Cc1cccc(-c2ccccc2F)c1. The molecule has 0 aliphatic rings. The van der Waals surface area contributed by atoms with Crippen LogP contribution < -0.4 is 5.73 Å². The number of hydrogen-bond donors (Lipinski definition) is 1. The van der Waals surface area contributed by atoms with E-state index >= 15 is 0 Å². The molecule has 18 heavy (non-hydrogen) atoms. The first-order valence-corrected chi connectivity index (χ1v) is 5.49. The lowest BCUT2D eigenvalue weighted by Crippen LogP contribution is -2.05. The van der Waals surface area contributed by atoms with Crippen LogP contribution in [0.25, 0.3) is 17.2 Å². The van der Waals surface area contributed by atoms with Crippen molar-refractivity contribution in [2.45, 2.75) is 0 Å². The molecule has 2 aromatic rings. The number of hydrogen-bond acceptors (Lipinski definition) is 1. The average Bonchev–Trinajstić information content (AvgIpc) is 2.37. The number of primary amides is 1. The van der Waals surface area contributed by atoms with E-state index in [1.165, 1.54) is 12.1 Å². The summed E-state index contributed by atoms with van der Waals surface area (Å²) in [5, 5.41) is 0. The van der Waals surface area contributed by atoms with Crippen LogP contribution in [0, 0.1) is 5.82 Å². The quantitative estimate of drug-likeness (QED) is 0.825. The summed E-state index contributed by atoms with van der Waals surface area (Å²) in [5.74, 6) is -0.778. The van der Waals surface area contributed by atoms with Gasteiger partial charge in [-0.3, -0.25) is 4.79 Å². The van der Waals surface area contributed by atoms with Crippen LogP contribution in [0.2, 0.25) is 0 Å². The van der Waals surface area contributed by atoms with Gasteiger partial charge in [0, 0.05) is 11.6 Å². The molecule has 2 aromatic carbocycles. The van der Waals surface area contributed by atoms with E-state index in [-0.39, 0.29) is 5.82 Å². The Balaban J connectivity index is 2.39. The van der Waals surface area contributed by atoms with E-state index in [2.05, 4.69) is 0 Å². The van der Waals surface area contributed by atoms with Crippen molar-refractivity contribution in [1.82, 2.24) is 0 Å². The van der Waals surface area contributed by atoms with Crippen molar-refractivity contribution < 1.29 is 9.18 Å². The third-order valence-electron chi connectivity index (χ3n) is 2.51. The van der Waals surface area contributed by atoms with Crippen LogP contribution in [0.3, 0.4) is 0 Å². The normalized spacial score (nSPS) is 10.7. The second-order valence-corrected chi connectivity index (χ2v) is 3.84. The molecular formula is C15H12FNO. The Bertz CT molecular complexity index is 605. The predicted molar refractivity (Wildman–Crippen MR) is 70.1 cm³/mol. The van der Waals surface area contributed by atoms with Crippen LogP contribution in [-0.4, -0.2) is 5.91 Å². The van der Waals surface area contributed by atoms with Gasteiger partial charge in [-0.15, -0.1) is 0 Å². The van der Waals surface area contributed by atoms with Gasteiger partial charge in [-0.1, -0.05) is 36.4 Å². The molecule has 0 aliphatic heterocycles. The maximum atomic E-state index is 13.6. The number of carbonyl (C=O) groups excluding carboxylic acids is 1. The first kappa shape index (κ1) is 12.0. The van der Waals surface area contributed by atoms with Crippen molar-refractivity contribution in [2.75, 3.05) is 0 Å². The van der Waals surface area contributed by atoms with Crippen LogP contribution in [0.5, 0.6) is 0 Å². The number of carbonyl (C=O) groups is 1.